The summed E-state index contributed by atoms with van der Waals surface area (Å²) >= 11 is 0. The zero-order chi connectivity index (χ0) is 35.9. The minimum absolute atomic E-state index is 0.339. The highest BCUT2D eigenvalue weighted by molar-refractivity contribution is 7.86. The van der Waals surface area contributed by atoms with E-state index in [2.05, 4.69) is 56.2 Å². The first kappa shape index (κ1) is 34.7. The molecule has 2 heterocycles. The van der Waals surface area contributed by atoms with Gasteiger partial charge in [-0.1, -0.05) is 84.3 Å². The molecular formula is C41H45N5O5S. The van der Waals surface area contributed by atoms with Crippen molar-refractivity contribution in [2.24, 2.45) is 5.11 Å². The molecule has 2 aliphatic carbocycles. The fourth-order valence-electron chi connectivity index (χ4n) is 9.32. The van der Waals surface area contributed by atoms with E-state index in [1.807, 2.05) is 60.7 Å². The molecule has 4 aromatic rings. The first-order valence-corrected chi connectivity index (χ1v) is 20.1. The summed E-state index contributed by atoms with van der Waals surface area (Å²) in [6.07, 6.45) is 4.28. The highest BCUT2D eigenvalue weighted by Gasteiger charge is 2.53. The van der Waals surface area contributed by atoms with E-state index in [0.29, 0.717) is 38.5 Å². The average molecular weight is 720 g/mol. The van der Waals surface area contributed by atoms with Crippen molar-refractivity contribution < 1.29 is 22.8 Å². The molecule has 0 bridgehead atoms. The maximum Gasteiger partial charge on any atom is 0.270 e. The van der Waals surface area contributed by atoms with Gasteiger partial charge in [0.05, 0.1) is 18.1 Å². The van der Waals surface area contributed by atoms with Crippen molar-refractivity contribution in [1.29, 1.82) is 0 Å². The Bertz CT molecular complexity index is 2010. The lowest BCUT2D eigenvalue weighted by atomic mass is 9.76. The Balaban J connectivity index is 1.13. The number of azide groups is 1. The summed E-state index contributed by atoms with van der Waals surface area (Å²) in [5.41, 5.74) is 16.0. The number of aryl methyl sites for hydroxylation is 4. The van der Waals surface area contributed by atoms with Crippen molar-refractivity contribution in [3.05, 3.63) is 130 Å². The van der Waals surface area contributed by atoms with Gasteiger partial charge in [0, 0.05) is 27.7 Å². The van der Waals surface area contributed by atoms with Crippen LogP contribution in [0.1, 0.15) is 60.8 Å². The summed E-state index contributed by atoms with van der Waals surface area (Å²) in [7, 11) is -4.48. The van der Waals surface area contributed by atoms with Crippen LogP contribution in [-0.2, 0) is 40.0 Å². The molecule has 6 atom stereocenters. The number of aliphatic hydroxyl groups is 2. The quantitative estimate of drug-likeness (QED) is 0.0876. The van der Waals surface area contributed by atoms with Crippen LogP contribution in [0.5, 0.6) is 0 Å². The second kappa shape index (κ2) is 14.2. The highest BCUT2D eigenvalue weighted by Crippen LogP contribution is 2.46. The van der Waals surface area contributed by atoms with E-state index in [0.717, 1.165) is 59.6 Å². The predicted molar refractivity (Wildman–Crippen MR) is 203 cm³/mol. The molecule has 11 heteroatoms. The Hall–Kier alpha value is -4.38. The summed E-state index contributed by atoms with van der Waals surface area (Å²) in [5, 5.41) is 28.9. The van der Waals surface area contributed by atoms with Crippen LogP contribution in [0.15, 0.2) is 102 Å². The molecule has 4 aliphatic rings. The molecule has 0 spiro atoms. The number of benzene rings is 4. The van der Waals surface area contributed by atoms with Gasteiger partial charge in [-0.2, -0.15) is 8.42 Å². The van der Waals surface area contributed by atoms with Crippen molar-refractivity contribution in [1.82, 2.24) is 0 Å². The van der Waals surface area contributed by atoms with Gasteiger partial charge >= 0.3 is 0 Å². The van der Waals surface area contributed by atoms with Crippen LogP contribution in [0.4, 0.5) is 22.7 Å². The molecular weight excluding hydrogens is 675 g/mol. The third kappa shape index (κ3) is 6.35. The van der Waals surface area contributed by atoms with E-state index < -0.39 is 51.8 Å². The van der Waals surface area contributed by atoms with Crippen LogP contribution >= 0.6 is 0 Å². The number of hydrogen-bond acceptors (Lipinski definition) is 8. The largest absolute Gasteiger partial charge is 0.388 e. The third-order valence-corrected chi connectivity index (χ3v) is 13.1. The Labute approximate surface area is 305 Å². The van der Waals surface area contributed by atoms with Gasteiger partial charge in [-0.25, -0.2) is 0 Å². The first-order valence-electron chi connectivity index (χ1n) is 18.5. The van der Waals surface area contributed by atoms with Crippen LogP contribution in [0, 0.1) is 0 Å². The molecule has 2 fully saturated rings. The Morgan fingerprint density at radius 1 is 0.712 bits per heavy atom. The van der Waals surface area contributed by atoms with Crippen LogP contribution in [0.25, 0.3) is 10.4 Å². The Kier molecular flexibility index (Phi) is 9.48. The lowest BCUT2D eigenvalue weighted by molar-refractivity contribution is -0.0215. The van der Waals surface area contributed by atoms with E-state index in [-0.39, 0.29) is 0 Å². The van der Waals surface area contributed by atoms with Gasteiger partial charge in [-0.15, -0.1) is 0 Å². The summed E-state index contributed by atoms with van der Waals surface area (Å²) in [6.45, 7) is 0. The number of anilines is 4. The van der Waals surface area contributed by atoms with Crippen molar-refractivity contribution in [3.8, 4) is 0 Å². The molecule has 0 saturated heterocycles. The summed E-state index contributed by atoms with van der Waals surface area (Å²) < 4.78 is 34.7. The van der Waals surface area contributed by atoms with Gasteiger partial charge in [0.15, 0.2) is 0 Å². The molecule has 270 valence electrons. The van der Waals surface area contributed by atoms with E-state index in [1.54, 1.807) is 0 Å². The van der Waals surface area contributed by atoms with E-state index in [9.17, 15) is 24.2 Å². The van der Waals surface area contributed by atoms with Crippen LogP contribution < -0.4 is 9.80 Å². The third-order valence-electron chi connectivity index (χ3n) is 11.7. The fourth-order valence-corrected chi connectivity index (χ4v) is 10.9. The summed E-state index contributed by atoms with van der Waals surface area (Å²) in [6, 6.07) is 30.3. The molecule has 2 aliphatic heterocycles. The average Bonchev–Trinajstić information content (AvgIpc) is 3.42. The van der Waals surface area contributed by atoms with Crippen LogP contribution in [-0.4, -0.2) is 60.3 Å². The standard InChI is InChI=1S/C41H45N5O5S/c42-44-43-38-21-10-22-39(46-34-17-7-3-13-30(34)25-26-31-14-4-8-18-35(31)46)41(38,48)27-52(49,50)51-37-20-9-19-36(40(37)47)45-32-15-5-1-11-28(32)23-24-29-12-2-6-16-33(29)45/h1-8,11-18,36-40,47-48H,9-10,19-27H2. The number of fused-ring (bicyclic) bond motifs is 4. The molecule has 0 radical (unpaired) electrons. The van der Waals surface area contributed by atoms with Gasteiger partial charge in [0.2, 0.25) is 0 Å². The van der Waals surface area contributed by atoms with Gasteiger partial charge in [-0.3, -0.25) is 4.18 Å². The van der Waals surface area contributed by atoms with Gasteiger partial charge in [-0.05, 0) is 110 Å². The van der Waals surface area contributed by atoms with Crippen LogP contribution in [0.2, 0.25) is 0 Å². The van der Waals surface area contributed by atoms with E-state index >= 15 is 0 Å². The monoisotopic (exact) mass is 719 g/mol. The molecule has 8 rings (SSSR count). The second-order valence-electron chi connectivity index (χ2n) is 14.7. The van der Waals surface area contributed by atoms with Crippen molar-refractivity contribution in [2.75, 3.05) is 15.6 Å². The number of nitrogens with zero attached hydrogens (tertiary/aromatic N) is 5. The molecule has 2 N–H and O–H groups in total. The lowest BCUT2D eigenvalue weighted by Crippen LogP contribution is -2.63. The zero-order valence-electron chi connectivity index (χ0n) is 29.2. The maximum atomic E-state index is 14.3. The lowest BCUT2D eigenvalue weighted by Gasteiger charge is -2.49. The SMILES string of the molecule is [N-]=[N+]=NC1CCCC(N2c3ccccc3CCc3ccccc32)C1(O)CS(=O)(=O)OC1CCCC(N2c3ccccc3CCc3ccccc32)C1O. The van der Waals surface area contributed by atoms with E-state index in [1.165, 1.54) is 11.1 Å². The normalized spacial score (nSPS) is 27.2. The molecule has 10 nitrogen and oxygen atoms in total. The zero-order valence-corrected chi connectivity index (χ0v) is 30.0. The van der Waals surface area contributed by atoms with Crippen molar-refractivity contribution in [2.45, 2.75) is 100 Å². The van der Waals surface area contributed by atoms with E-state index in [4.69, 9.17) is 4.18 Å². The molecule has 6 unspecified atom stereocenters. The number of aliphatic hydroxyl groups excluding tert-OH is 1. The summed E-state index contributed by atoms with van der Waals surface area (Å²) in [5.74, 6) is -0.779. The number of rotatable bonds is 7. The molecule has 2 saturated carbocycles. The topological polar surface area (TPSA) is 139 Å². The fraction of sp³-hybridized carbons (Fsp3) is 0.415. The smallest absolute Gasteiger partial charge is 0.270 e. The van der Waals surface area contributed by atoms with Gasteiger partial charge < -0.3 is 20.0 Å². The summed E-state index contributed by atoms with van der Waals surface area (Å²) in [4.78, 5) is 7.33. The molecule has 0 aromatic heterocycles. The second-order valence-corrected chi connectivity index (χ2v) is 16.3. The Morgan fingerprint density at radius 3 is 1.67 bits per heavy atom. The number of hydrogen-bond donors (Lipinski definition) is 2. The van der Waals surface area contributed by atoms with Gasteiger partial charge in [0.25, 0.3) is 10.1 Å². The minimum atomic E-state index is -4.48. The van der Waals surface area contributed by atoms with Gasteiger partial charge in [0.1, 0.15) is 23.6 Å². The maximum absolute atomic E-state index is 14.3. The molecule has 0 amide bonds. The minimum Gasteiger partial charge on any atom is -0.388 e. The predicted octanol–water partition coefficient (Wildman–Crippen LogP) is 7.45. The molecule has 4 aromatic carbocycles. The van der Waals surface area contributed by atoms with Crippen LogP contribution in [0.3, 0.4) is 0 Å². The molecule has 52 heavy (non-hydrogen) atoms. The highest BCUT2D eigenvalue weighted by atomic mass is 32.2. The number of para-hydroxylation sites is 4. The van der Waals surface area contributed by atoms with Crippen molar-refractivity contribution in [3.63, 3.8) is 0 Å². The van der Waals surface area contributed by atoms with Crippen molar-refractivity contribution >= 4 is 32.9 Å². The Morgan fingerprint density at radius 2 is 1.17 bits per heavy atom. The first-order chi connectivity index (χ1) is 25.3.